The second-order valence-electron chi connectivity index (χ2n) is 2.89. The van der Waals surface area contributed by atoms with E-state index in [1.54, 1.807) is 12.4 Å². The van der Waals surface area contributed by atoms with Gasteiger partial charge >= 0.3 is 5.97 Å². The molecule has 0 aliphatic heterocycles. The molecule has 0 aliphatic rings. The molecular formula is C9H12N2O2. The van der Waals surface area contributed by atoms with Gasteiger partial charge in [-0.2, -0.15) is 0 Å². The molecule has 0 fully saturated rings. The van der Waals surface area contributed by atoms with E-state index in [2.05, 4.69) is 9.97 Å². The van der Waals surface area contributed by atoms with Gasteiger partial charge in [0, 0.05) is 18.8 Å². The molecule has 0 amide bonds. The van der Waals surface area contributed by atoms with Crippen molar-refractivity contribution in [2.45, 2.75) is 26.2 Å². The topological polar surface area (TPSA) is 63.1 Å². The smallest absolute Gasteiger partial charge is 0.303 e. The summed E-state index contributed by atoms with van der Waals surface area (Å²) in [6.07, 6.45) is 5.05. The molecule has 0 unspecified atom stereocenters. The van der Waals surface area contributed by atoms with Crippen LogP contribution in [0.4, 0.5) is 0 Å². The molecular weight excluding hydrogens is 168 g/mol. The van der Waals surface area contributed by atoms with Crippen molar-refractivity contribution in [2.75, 3.05) is 0 Å². The van der Waals surface area contributed by atoms with Crippen LogP contribution in [0.2, 0.25) is 0 Å². The molecule has 0 bridgehead atoms. The Balaban J connectivity index is 2.37. The first-order valence-corrected chi connectivity index (χ1v) is 4.18. The predicted molar refractivity (Wildman–Crippen MR) is 47.3 cm³/mol. The number of aryl methyl sites for hydroxylation is 2. The third-order valence-electron chi connectivity index (χ3n) is 1.69. The standard InChI is InChI=1S/C9H12N2O2/c1-7-10-5-8(6-11-7)3-2-4-9(12)13/h5-6H,2-4H2,1H3,(H,12,13). The van der Waals surface area contributed by atoms with Crippen LogP contribution in [0, 0.1) is 6.92 Å². The predicted octanol–water partition coefficient (Wildman–Crippen LogP) is 1.19. The molecule has 0 saturated carbocycles. The number of carboxylic acid groups (broad SMARTS) is 1. The molecule has 0 spiro atoms. The van der Waals surface area contributed by atoms with Gasteiger partial charge in [0.1, 0.15) is 5.82 Å². The normalized spacial score (nSPS) is 9.92. The Kier molecular flexibility index (Phi) is 3.37. The minimum Gasteiger partial charge on any atom is -0.481 e. The van der Waals surface area contributed by atoms with Crippen molar-refractivity contribution in [1.29, 1.82) is 0 Å². The van der Waals surface area contributed by atoms with Crippen LogP contribution in [0.5, 0.6) is 0 Å². The lowest BCUT2D eigenvalue weighted by atomic mass is 10.1. The van der Waals surface area contributed by atoms with Gasteiger partial charge in [-0.15, -0.1) is 0 Å². The zero-order chi connectivity index (χ0) is 9.68. The molecule has 0 aromatic carbocycles. The van der Waals surface area contributed by atoms with Gasteiger partial charge in [-0.3, -0.25) is 4.79 Å². The number of nitrogens with zero attached hydrogens (tertiary/aromatic N) is 2. The molecule has 13 heavy (non-hydrogen) atoms. The molecule has 1 aromatic heterocycles. The minimum atomic E-state index is -0.756. The van der Waals surface area contributed by atoms with E-state index < -0.39 is 5.97 Å². The van der Waals surface area contributed by atoms with Crippen LogP contribution < -0.4 is 0 Å². The van der Waals surface area contributed by atoms with Crippen LogP contribution in [-0.4, -0.2) is 21.0 Å². The number of carboxylic acids is 1. The molecule has 0 radical (unpaired) electrons. The summed E-state index contributed by atoms with van der Waals surface area (Å²) in [7, 11) is 0. The molecule has 1 N–H and O–H groups in total. The van der Waals surface area contributed by atoms with Gasteiger partial charge in [0.2, 0.25) is 0 Å². The Morgan fingerprint density at radius 3 is 2.62 bits per heavy atom. The summed E-state index contributed by atoms with van der Waals surface area (Å²) >= 11 is 0. The van der Waals surface area contributed by atoms with E-state index in [0.717, 1.165) is 17.8 Å². The average Bonchev–Trinajstić information content (AvgIpc) is 2.08. The molecule has 4 heteroatoms. The van der Waals surface area contributed by atoms with Crippen molar-refractivity contribution >= 4 is 5.97 Å². The zero-order valence-electron chi connectivity index (χ0n) is 7.53. The van der Waals surface area contributed by atoms with Crippen molar-refractivity contribution < 1.29 is 9.90 Å². The van der Waals surface area contributed by atoms with Gasteiger partial charge in [-0.05, 0) is 25.3 Å². The highest BCUT2D eigenvalue weighted by atomic mass is 16.4. The van der Waals surface area contributed by atoms with Gasteiger partial charge in [0.15, 0.2) is 0 Å². The van der Waals surface area contributed by atoms with Crippen LogP contribution in [0.1, 0.15) is 24.2 Å². The number of rotatable bonds is 4. The Morgan fingerprint density at radius 1 is 1.46 bits per heavy atom. The molecule has 0 saturated heterocycles. The number of aliphatic carboxylic acids is 1. The molecule has 1 heterocycles. The second-order valence-corrected chi connectivity index (χ2v) is 2.89. The summed E-state index contributed by atoms with van der Waals surface area (Å²) in [6, 6.07) is 0. The van der Waals surface area contributed by atoms with Gasteiger partial charge in [0.05, 0.1) is 0 Å². The molecule has 0 atom stereocenters. The fourth-order valence-electron chi connectivity index (χ4n) is 0.992. The van der Waals surface area contributed by atoms with E-state index in [1.165, 1.54) is 0 Å². The lowest BCUT2D eigenvalue weighted by Gasteiger charge is -1.98. The lowest BCUT2D eigenvalue weighted by molar-refractivity contribution is -0.137. The Bertz CT molecular complexity index is 282. The molecule has 0 aliphatic carbocycles. The maximum atomic E-state index is 10.2. The summed E-state index contributed by atoms with van der Waals surface area (Å²) in [5, 5.41) is 8.40. The fourth-order valence-corrected chi connectivity index (χ4v) is 0.992. The van der Waals surface area contributed by atoms with Crippen molar-refractivity contribution in [3.63, 3.8) is 0 Å². The number of carbonyl (C=O) groups is 1. The highest BCUT2D eigenvalue weighted by molar-refractivity contribution is 5.66. The second kappa shape index (κ2) is 4.54. The Hall–Kier alpha value is -1.45. The van der Waals surface area contributed by atoms with E-state index in [-0.39, 0.29) is 6.42 Å². The van der Waals surface area contributed by atoms with E-state index in [0.29, 0.717) is 6.42 Å². The average molecular weight is 180 g/mol. The first-order valence-electron chi connectivity index (χ1n) is 4.18. The van der Waals surface area contributed by atoms with Crippen molar-refractivity contribution in [2.24, 2.45) is 0 Å². The zero-order valence-corrected chi connectivity index (χ0v) is 7.53. The first kappa shape index (κ1) is 9.64. The van der Waals surface area contributed by atoms with Crippen molar-refractivity contribution in [3.8, 4) is 0 Å². The van der Waals surface area contributed by atoms with Gasteiger partial charge in [-0.25, -0.2) is 9.97 Å². The van der Waals surface area contributed by atoms with Crippen molar-refractivity contribution in [1.82, 2.24) is 9.97 Å². The highest BCUT2D eigenvalue weighted by Gasteiger charge is 1.98. The van der Waals surface area contributed by atoms with Crippen LogP contribution >= 0.6 is 0 Å². The van der Waals surface area contributed by atoms with E-state index in [1.807, 2.05) is 6.92 Å². The van der Waals surface area contributed by atoms with Gasteiger partial charge in [-0.1, -0.05) is 0 Å². The van der Waals surface area contributed by atoms with Crippen molar-refractivity contribution in [3.05, 3.63) is 23.8 Å². The molecule has 1 rings (SSSR count). The summed E-state index contributed by atoms with van der Waals surface area (Å²) in [5.41, 5.74) is 0.992. The largest absolute Gasteiger partial charge is 0.481 e. The van der Waals surface area contributed by atoms with E-state index in [4.69, 9.17) is 5.11 Å². The molecule has 1 aromatic rings. The third-order valence-corrected chi connectivity index (χ3v) is 1.69. The van der Waals surface area contributed by atoms with Crippen LogP contribution in [0.25, 0.3) is 0 Å². The first-order chi connectivity index (χ1) is 6.18. The summed E-state index contributed by atoms with van der Waals surface area (Å²) < 4.78 is 0. The monoisotopic (exact) mass is 180 g/mol. The van der Waals surface area contributed by atoms with Crippen LogP contribution in [-0.2, 0) is 11.2 Å². The number of aromatic nitrogens is 2. The summed E-state index contributed by atoms with van der Waals surface area (Å²) in [5.74, 6) is -0.0185. The lowest BCUT2D eigenvalue weighted by Crippen LogP contribution is -1.97. The Morgan fingerprint density at radius 2 is 2.08 bits per heavy atom. The van der Waals surface area contributed by atoms with Gasteiger partial charge < -0.3 is 5.11 Å². The van der Waals surface area contributed by atoms with Crippen LogP contribution in [0.15, 0.2) is 12.4 Å². The maximum absolute atomic E-state index is 10.2. The highest BCUT2D eigenvalue weighted by Crippen LogP contribution is 2.02. The van der Waals surface area contributed by atoms with E-state index in [9.17, 15) is 4.79 Å². The quantitative estimate of drug-likeness (QED) is 0.756. The SMILES string of the molecule is Cc1ncc(CCCC(=O)O)cn1. The number of hydrogen-bond donors (Lipinski definition) is 1. The molecule has 70 valence electrons. The minimum absolute atomic E-state index is 0.202. The van der Waals surface area contributed by atoms with E-state index >= 15 is 0 Å². The third kappa shape index (κ3) is 3.64. The van der Waals surface area contributed by atoms with Gasteiger partial charge in [0.25, 0.3) is 0 Å². The number of hydrogen-bond acceptors (Lipinski definition) is 3. The van der Waals surface area contributed by atoms with Crippen LogP contribution in [0.3, 0.4) is 0 Å². The molecule has 4 nitrogen and oxygen atoms in total. The maximum Gasteiger partial charge on any atom is 0.303 e. The Labute approximate surface area is 76.7 Å². The summed E-state index contributed by atoms with van der Waals surface area (Å²) in [6.45, 7) is 1.82. The summed E-state index contributed by atoms with van der Waals surface area (Å²) in [4.78, 5) is 18.2. The fraction of sp³-hybridized carbons (Fsp3) is 0.444.